The molecule has 0 fully saturated rings. The second kappa shape index (κ2) is 7.66. The quantitative estimate of drug-likeness (QED) is 0.555. The van der Waals surface area contributed by atoms with Crippen LogP contribution in [0, 0.1) is 5.82 Å². The molecule has 26 heavy (non-hydrogen) atoms. The Labute approximate surface area is 161 Å². The van der Waals surface area contributed by atoms with Crippen LogP contribution in [-0.4, -0.2) is 8.42 Å². The number of halogens is 3. The van der Waals surface area contributed by atoms with Gasteiger partial charge in [-0.3, -0.25) is 4.31 Å². The van der Waals surface area contributed by atoms with E-state index in [9.17, 15) is 12.8 Å². The zero-order valence-electron chi connectivity index (χ0n) is 13.4. The van der Waals surface area contributed by atoms with Gasteiger partial charge in [-0.15, -0.1) is 0 Å². The van der Waals surface area contributed by atoms with E-state index in [2.05, 4.69) is 0 Å². The van der Waals surface area contributed by atoms with Crippen molar-refractivity contribution in [3.8, 4) is 0 Å². The molecule has 0 bridgehead atoms. The van der Waals surface area contributed by atoms with Crippen LogP contribution in [0.25, 0.3) is 0 Å². The van der Waals surface area contributed by atoms with Gasteiger partial charge in [0.15, 0.2) is 0 Å². The summed E-state index contributed by atoms with van der Waals surface area (Å²) in [6.45, 7) is 0.00811. The summed E-state index contributed by atoms with van der Waals surface area (Å²) < 4.78 is 40.9. The van der Waals surface area contributed by atoms with Crippen LogP contribution in [-0.2, 0) is 16.6 Å². The predicted molar refractivity (Wildman–Crippen MR) is 103 cm³/mol. The van der Waals surface area contributed by atoms with E-state index in [0.29, 0.717) is 16.3 Å². The normalized spacial score (nSPS) is 11.3. The highest BCUT2D eigenvalue weighted by molar-refractivity contribution is 7.93. The van der Waals surface area contributed by atoms with Gasteiger partial charge in [-0.1, -0.05) is 53.5 Å². The maximum Gasteiger partial charge on any atom is 0.266 e. The molecule has 134 valence electrons. The Balaban J connectivity index is 2.11. The average Bonchev–Trinajstić information content (AvgIpc) is 2.61. The van der Waals surface area contributed by atoms with Crippen LogP contribution >= 0.6 is 23.2 Å². The lowest BCUT2D eigenvalue weighted by atomic mass is 10.2. The molecule has 7 heteroatoms. The molecule has 3 nitrogen and oxygen atoms in total. The first-order chi connectivity index (χ1) is 12.4. The fourth-order valence-corrected chi connectivity index (χ4v) is 4.60. The number of rotatable bonds is 5. The van der Waals surface area contributed by atoms with Crippen molar-refractivity contribution >= 4 is 38.9 Å². The van der Waals surface area contributed by atoms with Crippen molar-refractivity contribution < 1.29 is 12.8 Å². The first-order valence-electron chi connectivity index (χ1n) is 7.65. The third-order valence-electron chi connectivity index (χ3n) is 3.74. The number of nitrogens with zero attached hydrogens (tertiary/aromatic N) is 1. The van der Waals surface area contributed by atoms with E-state index in [1.165, 1.54) is 40.7 Å². The summed E-state index contributed by atoms with van der Waals surface area (Å²) in [5.41, 5.74) is 1.02. The minimum atomic E-state index is -3.96. The Morgan fingerprint density at radius 2 is 1.58 bits per heavy atom. The molecule has 0 spiro atoms. The average molecular weight is 410 g/mol. The van der Waals surface area contributed by atoms with Crippen molar-refractivity contribution in [2.75, 3.05) is 4.31 Å². The van der Waals surface area contributed by atoms with E-state index >= 15 is 0 Å². The van der Waals surface area contributed by atoms with Crippen LogP contribution in [0.3, 0.4) is 0 Å². The van der Waals surface area contributed by atoms with Gasteiger partial charge in [0.25, 0.3) is 10.0 Å². The monoisotopic (exact) mass is 409 g/mol. The molecule has 0 N–H and O–H groups in total. The molecule has 0 amide bonds. The van der Waals surface area contributed by atoms with Crippen LogP contribution in [0.4, 0.5) is 10.1 Å². The summed E-state index contributed by atoms with van der Waals surface area (Å²) in [6.07, 6.45) is 0. The first kappa shape index (κ1) is 18.7. The first-order valence-corrected chi connectivity index (χ1v) is 9.85. The topological polar surface area (TPSA) is 37.4 Å². The molecule has 3 rings (SSSR count). The van der Waals surface area contributed by atoms with Crippen molar-refractivity contribution in [2.24, 2.45) is 0 Å². The fraction of sp³-hybridized carbons (Fsp3) is 0.0526. The third-order valence-corrected chi connectivity index (χ3v) is 6.25. The lowest BCUT2D eigenvalue weighted by molar-refractivity contribution is 0.590. The summed E-state index contributed by atoms with van der Waals surface area (Å²) in [5, 5.41) is 0.527. The van der Waals surface area contributed by atoms with Crippen LogP contribution in [0.2, 0.25) is 10.0 Å². The van der Waals surface area contributed by atoms with Gasteiger partial charge < -0.3 is 0 Å². The van der Waals surface area contributed by atoms with Gasteiger partial charge in [0.1, 0.15) is 10.7 Å². The number of sulfonamides is 1. The molecule has 0 aliphatic rings. The van der Waals surface area contributed by atoms with Gasteiger partial charge in [-0.05, 0) is 48.0 Å². The second-order valence-electron chi connectivity index (χ2n) is 5.55. The van der Waals surface area contributed by atoms with E-state index in [4.69, 9.17) is 23.2 Å². The van der Waals surface area contributed by atoms with E-state index < -0.39 is 15.8 Å². The summed E-state index contributed by atoms with van der Waals surface area (Å²) in [6, 6.07) is 18.4. The minimum absolute atomic E-state index is 0.00811. The van der Waals surface area contributed by atoms with Crippen LogP contribution in [0.5, 0.6) is 0 Å². The van der Waals surface area contributed by atoms with E-state index in [0.717, 1.165) is 0 Å². The zero-order valence-corrected chi connectivity index (χ0v) is 15.8. The molecular formula is C19H14Cl2FNO2S. The van der Waals surface area contributed by atoms with Gasteiger partial charge in [-0.2, -0.15) is 0 Å². The minimum Gasteiger partial charge on any atom is -0.262 e. The van der Waals surface area contributed by atoms with E-state index in [-0.39, 0.29) is 16.5 Å². The lowest BCUT2D eigenvalue weighted by Gasteiger charge is -2.25. The molecule has 3 aromatic carbocycles. The molecule has 0 aromatic heterocycles. The molecule has 0 unspecified atom stereocenters. The zero-order chi connectivity index (χ0) is 18.7. The summed E-state index contributed by atoms with van der Waals surface area (Å²) in [5.74, 6) is -0.392. The molecule has 0 atom stereocenters. The Morgan fingerprint density at radius 1 is 0.885 bits per heavy atom. The highest BCUT2D eigenvalue weighted by atomic mass is 35.5. The number of benzene rings is 3. The second-order valence-corrected chi connectivity index (χ2v) is 8.22. The van der Waals surface area contributed by atoms with Gasteiger partial charge in [0.05, 0.1) is 17.3 Å². The maximum atomic E-state index is 13.3. The van der Waals surface area contributed by atoms with Crippen molar-refractivity contribution in [1.82, 2.24) is 0 Å². The Hall–Kier alpha value is -2.08. The van der Waals surface area contributed by atoms with Gasteiger partial charge in [0, 0.05) is 5.02 Å². The molecule has 0 aliphatic heterocycles. The van der Waals surface area contributed by atoms with E-state index in [1.807, 2.05) is 0 Å². The number of hydrogen-bond donors (Lipinski definition) is 0. The highest BCUT2D eigenvalue weighted by Crippen LogP contribution is 2.31. The Bertz CT molecular complexity index is 1020. The molecule has 0 saturated heterocycles. The standard InChI is InChI=1S/C19H14Cl2FNO2S/c20-15-4-3-5-17(12-15)23(13-14-8-10-16(22)11-9-14)26(24,25)19-7-2-1-6-18(19)21/h1-12H,13H2. The van der Waals surface area contributed by atoms with Crippen LogP contribution in [0.1, 0.15) is 5.56 Å². The molecular weight excluding hydrogens is 396 g/mol. The molecule has 0 heterocycles. The summed E-state index contributed by atoms with van der Waals surface area (Å²) in [7, 11) is -3.96. The van der Waals surface area contributed by atoms with Crippen molar-refractivity contribution in [1.29, 1.82) is 0 Å². The molecule has 3 aromatic rings. The molecule has 0 aliphatic carbocycles. The number of hydrogen-bond acceptors (Lipinski definition) is 2. The molecule has 0 saturated carbocycles. The SMILES string of the molecule is O=S(=O)(c1ccccc1Cl)N(Cc1ccc(F)cc1)c1cccc(Cl)c1. The summed E-state index contributed by atoms with van der Waals surface area (Å²) >= 11 is 12.2. The smallest absolute Gasteiger partial charge is 0.262 e. The van der Waals surface area contributed by atoms with Crippen molar-refractivity contribution in [3.05, 3.63) is 94.2 Å². The van der Waals surface area contributed by atoms with Crippen molar-refractivity contribution in [2.45, 2.75) is 11.4 Å². The van der Waals surface area contributed by atoms with Crippen LogP contribution in [0.15, 0.2) is 77.7 Å². The van der Waals surface area contributed by atoms with Crippen molar-refractivity contribution in [3.63, 3.8) is 0 Å². The third kappa shape index (κ3) is 4.01. The van der Waals surface area contributed by atoms with Gasteiger partial charge in [-0.25, -0.2) is 12.8 Å². The van der Waals surface area contributed by atoms with Gasteiger partial charge in [0.2, 0.25) is 0 Å². The van der Waals surface area contributed by atoms with Gasteiger partial charge >= 0.3 is 0 Å². The highest BCUT2D eigenvalue weighted by Gasteiger charge is 2.27. The fourth-order valence-electron chi connectivity index (χ4n) is 2.47. The largest absolute Gasteiger partial charge is 0.266 e. The Kier molecular flexibility index (Phi) is 5.51. The summed E-state index contributed by atoms with van der Waals surface area (Å²) in [4.78, 5) is -0.0104. The lowest BCUT2D eigenvalue weighted by Crippen LogP contribution is -2.30. The predicted octanol–water partition coefficient (Wildman–Crippen LogP) is 5.53. The maximum absolute atomic E-state index is 13.3. The molecule has 0 radical (unpaired) electrons. The van der Waals surface area contributed by atoms with E-state index in [1.54, 1.807) is 36.4 Å². The number of anilines is 1. The van der Waals surface area contributed by atoms with Crippen LogP contribution < -0.4 is 4.31 Å². The Morgan fingerprint density at radius 3 is 2.23 bits per heavy atom.